The first-order chi connectivity index (χ1) is 9.52. The van der Waals surface area contributed by atoms with E-state index in [-0.39, 0.29) is 5.91 Å². The van der Waals surface area contributed by atoms with Crippen molar-refractivity contribution in [2.75, 3.05) is 11.9 Å². The van der Waals surface area contributed by atoms with E-state index in [0.717, 1.165) is 11.3 Å². The van der Waals surface area contributed by atoms with Crippen molar-refractivity contribution < 1.29 is 4.79 Å². The molecular weight excluding hydrogens is 248 g/mol. The molecule has 0 saturated carbocycles. The lowest BCUT2D eigenvalue weighted by Gasteiger charge is -2.20. The van der Waals surface area contributed by atoms with Gasteiger partial charge in [0.25, 0.3) is 5.91 Å². The SMILES string of the molecule is Cc1ccc(N(C)C(=O)c2cccc(C#N)c2)c(C)c1. The van der Waals surface area contributed by atoms with E-state index >= 15 is 0 Å². The zero-order chi connectivity index (χ0) is 14.7. The quantitative estimate of drug-likeness (QED) is 0.833. The van der Waals surface area contributed by atoms with Gasteiger partial charge in [0.2, 0.25) is 0 Å². The van der Waals surface area contributed by atoms with Crippen LogP contribution < -0.4 is 4.90 Å². The van der Waals surface area contributed by atoms with Crippen molar-refractivity contribution in [1.82, 2.24) is 0 Å². The Kier molecular flexibility index (Phi) is 3.86. The van der Waals surface area contributed by atoms with E-state index in [9.17, 15) is 4.79 Å². The summed E-state index contributed by atoms with van der Waals surface area (Å²) in [5.41, 5.74) is 4.11. The third-order valence-corrected chi connectivity index (χ3v) is 3.26. The van der Waals surface area contributed by atoms with Gasteiger partial charge >= 0.3 is 0 Å². The maximum absolute atomic E-state index is 12.5. The molecule has 0 aliphatic heterocycles. The fourth-order valence-electron chi connectivity index (χ4n) is 2.21. The van der Waals surface area contributed by atoms with Gasteiger partial charge < -0.3 is 4.90 Å². The van der Waals surface area contributed by atoms with Gasteiger partial charge in [-0.3, -0.25) is 4.79 Å². The Labute approximate surface area is 119 Å². The molecule has 0 heterocycles. The molecule has 2 aromatic rings. The molecule has 0 aliphatic carbocycles. The highest BCUT2D eigenvalue weighted by atomic mass is 16.2. The number of hydrogen-bond acceptors (Lipinski definition) is 2. The minimum Gasteiger partial charge on any atom is -0.311 e. The van der Waals surface area contributed by atoms with Crippen LogP contribution in [0.1, 0.15) is 27.0 Å². The zero-order valence-corrected chi connectivity index (χ0v) is 11.8. The average Bonchev–Trinajstić information content (AvgIpc) is 2.46. The third kappa shape index (κ3) is 2.70. The van der Waals surface area contributed by atoms with E-state index in [1.807, 2.05) is 38.1 Å². The highest BCUT2D eigenvalue weighted by Gasteiger charge is 2.15. The standard InChI is InChI=1S/C17H16N2O/c1-12-7-8-16(13(2)9-12)19(3)17(20)15-6-4-5-14(10-15)11-18/h4-10H,1-3H3. The number of amides is 1. The topological polar surface area (TPSA) is 44.1 Å². The molecule has 3 heteroatoms. The molecule has 2 aromatic carbocycles. The molecule has 100 valence electrons. The largest absolute Gasteiger partial charge is 0.311 e. The van der Waals surface area contributed by atoms with E-state index < -0.39 is 0 Å². The number of hydrogen-bond donors (Lipinski definition) is 0. The molecular formula is C17H16N2O. The maximum Gasteiger partial charge on any atom is 0.258 e. The van der Waals surface area contributed by atoms with Crippen LogP contribution in [0.3, 0.4) is 0 Å². The van der Waals surface area contributed by atoms with Crippen LogP contribution in [-0.2, 0) is 0 Å². The molecule has 0 radical (unpaired) electrons. The molecule has 1 amide bonds. The molecule has 20 heavy (non-hydrogen) atoms. The first-order valence-electron chi connectivity index (χ1n) is 6.38. The normalized spacial score (nSPS) is 9.90. The van der Waals surface area contributed by atoms with E-state index in [1.54, 1.807) is 36.2 Å². The number of benzene rings is 2. The van der Waals surface area contributed by atoms with Gasteiger partial charge in [0.05, 0.1) is 11.6 Å². The number of carbonyl (C=O) groups excluding carboxylic acids is 1. The zero-order valence-electron chi connectivity index (χ0n) is 11.8. The Morgan fingerprint density at radius 3 is 2.55 bits per heavy atom. The minimum atomic E-state index is -0.117. The van der Waals surface area contributed by atoms with Gasteiger partial charge in [-0.25, -0.2) is 0 Å². The van der Waals surface area contributed by atoms with Crippen molar-refractivity contribution in [3.05, 3.63) is 64.7 Å². The number of carbonyl (C=O) groups is 1. The molecule has 0 atom stereocenters. The lowest BCUT2D eigenvalue weighted by atomic mass is 10.1. The monoisotopic (exact) mass is 264 g/mol. The van der Waals surface area contributed by atoms with Crippen LogP contribution in [0.25, 0.3) is 0 Å². The van der Waals surface area contributed by atoms with Crippen molar-refractivity contribution in [2.45, 2.75) is 13.8 Å². The van der Waals surface area contributed by atoms with Crippen molar-refractivity contribution in [3.8, 4) is 6.07 Å². The highest BCUT2D eigenvalue weighted by Crippen LogP contribution is 2.21. The van der Waals surface area contributed by atoms with E-state index in [2.05, 4.69) is 0 Å². The lowest BCUT2D eigenvalue weighted by molar-refractivity contribution is 0.0993. The second-order valence-electron chi connectivity index (χ2n) is 4.85. The van der Waals surface area contributed by atoms with Crippen LogP contribution in [0.2, 0.25) is 0 Å². The van der Waals surface area contributed by atoms with Crippen molar-refractivity contribution >= 4 is 11.6 Å². The van der Waals surface area contributed by atoms with Crippen molar-refractivity contribution in [3.63, 3.8) is 0 Å². The summed E-state index contributed by atoms with van der Waals surface area (Å²) in [6.07, 6.45) is 0. The third-order valence-electron chi connectivity index (χ3n) is 3.26. The lowest BCUT2D eigenvalue weighted by Crippen LogP contribution is -2.26. The number of aryl methyl sites for hydroxylation is 2. The second kappa shape index (κ2) is 5.58. The Hall–Kier alpha value is -2.60. The Balaban J connectivity index is 2.35. The summed E-state index contributed by atoms with van der Waals surface area (Å²) in [4.78, 5) is 14.1. The molecule has 0 fully saturated rings. The maximum atomic E-state index is 12.5. The molecule has 0 saturated heterocycles. The second-order valence-corrected chi connectivity index (χ2v) is 4.85. The molecule has 0 aromatic heterocycles. The molecule has 0 unspecified atom stereocenters. The van der Waals surface area contributed by atoms with E-state index in [1.165, 1.54) is 5.56 Å². The summed E-state index contributed by atoms with van der Waals surface area (Å²) in [6.45, 7) is 4.01. The number of nitriles is 1. The van der Waals surface area contributed by atoms with Crippen LogP contribution in [0, 0.1) is 25.2 Å². The Bertz CT molecular complexity index is 698. The Morgan fingerprint density at radius 1 is 1.15 bits per heavy atom. The first-order valence-corrected chi connectivity index (χ1v) is 6.38. The summed E-state index contributed by atoms with van der Waals surface area (Å²) in [7, 11) is 1.75. The summed E-state index contributed by atoms with van der Waals surface area (Å²) < 4.78 is 0. The summed E-state index contributed by atoms with van der Waals surface area (Å²) in [5, 5.41) is 8.90. The first kappa shape index (κ1) is 13.8. The summed E-state index contributed by atoms with van der Waals surface area (Å²) in [6, 6.07) is 14.8. The van der Waals surface area contributed by atoms with E-state index in [4.69, 9.17) is 5.26 Å². The van der Waals surface area contributed by atoms with Crippen LogP contribution >= 0.6 is 0 Å². The van der Waals surface area contributed by atoms with Gasteiger partial charge in [-0.05, 0) is 43.7 Å². The van der Waals surface area contributed by atoms with Gasteiger partial charge in [-0.1, -0.05) is 23.8 Å². The highest BCUT2D eigenvalue weighted by molar-refractivity contribution is 6.06. The van der Waals surface area contributed by atoms with E-state index in [0.29, 0.717) is 11.1 Å². The van der Waals surface area contributed by atoms with Gasteiger partial charge in [-0.15, -0.1) is 0 Å². The summed E-state index contributed by atoms with van der Waals surface area (Å²) in [5.74, 6) is -0.117. The predicted octanol–water partition coefficient (Wildman–Crippen LogP) is 3.45. The minimum absolute atomic E-state index is 0.117. The van der Waals surface area contributed by atoms with Gasteiger partial charge in [0.1, 0.15) is 0 Å². The van der Waals surface area contributed by atoms with Crippen LogP contribution in [-0.4, -0.2) is 13.0 Å². The van der Waals surface area contributed by atoms with Crippen molar-refractivity contribution in [1.29, 1.82) is 5.26 Å². The smallest absolute Gasteiger partial charge is 0.258 e. The van der Waals surface area contributed by atoms with Crippen LogP contribution in [0.15, 0.2) is 42.5 Å². The predicted molar refractivity (Wildman–Crippen MR) is 79.8 cm³/mol. The molecule has 0 spiro atoms. The van der Waals surface area contributed by atoms with Gasteiger partial charge in [0.15, 0.2) is 0 Å². The van der Waals surface area contributed by atoms with Gasteiger partial charge in [-0.2, -0.15) is 5.26 Å². The fourth-order valence-corrected chi connectivity index (χ4v) is 2.21. The fraction of sp³-hybridized carbons (Fsp3) is 0.176. The van der Waals surface area contributed by atoms with Crippen molar-refractivity contribution in [2.24, 2.45) is 0 Å². The molecule has 2 rings (SSSR count). The molecule has 0 bridgehead atoms. The molecule has 3 nitrogen and oxygen atoms in total. The Morgan fingerprint density at radius 2 is 1.90 bits per heavy atom. The van der Waals surface area contributed by atoms with Gasteiger partial charge in [0, 0.05) is 18.3 Å². The molecule has 0 N–H and O–H groups in total. The van der Waals surface area contributed by atoms with Crippen LogP contribution in [0.4, 0.5) is 5.69 Å². The molecule has 0 aliphatic rings. The summed E-state index contributed by atoms with van der Waals surface area (Å²) >= 11 is 0. The number of nitrogens with zero attached hydrogens (tertiary/aromatic N) is 2. The number of anilines is 1. The average molecular weight is 264 g/mol. The number of rotatable bonds is 2. The van der Waals surface area contributed by atoms with Crippen LogP contribution in [0.5, 0.6) is 0 Å².